The Morgan fingerprint density at radius 2 is 2.12 bits per heavy atom. The third-order valence-corrected chi connectivity index (χ3v) is 4.66. The summed E-state index contributed by atoms with van der Waals surface area (Å²) in [6.45, 7) is 5.64. The fourth-order valence-corrected chi connectivity index (χ4v) is 3.29. The van der Waals surface area contributed by atoms with Gasteiger partial charge < -0.3 is 15.0 Å². The van der Waals surface area contributed by atoms with E-state index in [0.29, 0.717) is 6.54 Å². The lowest BCUT2D eigenvalue weighted by Gasteiger charge is -2.38. The Balaban J connectivity index is 1.34. The molecule has 0 saturated carbocycles. The highest BCUT2D eigenvalue weighted by molar-refractivity contribution is 5.81. The molecular weight excluding hydrogens is 306 g/mol. The second kappa shape index (κ2) is 6.70. The van der Waals surface area contributed by atoms with Gasteiger partial charge in [0.05, 0.1) is 11.6 Å². The molecule has 1 amide bonds. The molecule has 2 aromatic rings. The van der Waals surface area contributed by atoms with E-state index in [2.05, 4.69) is 43.3 Å². The molecule has 126 valence electrons. The minimum atomic E-state index is -0.0173. The first-order chi connectivity index (χ1) is 11.8. The van der Waals surface area contributed by atoms with Crippen molar-refractivity contribution in [2.75, 3.05) is 50.8 Å². The number of fused-ring (bicyclic) bond motifs is 1. The molecule has 7 heteroatoms. The number of nitrogens with one attached hydrogen (secondary N) is 1. The van der Waals surface area contributed by atoms with Gasteiger partial charge in [0.15, 0.2) is 0 Å². The van der Waals surface area contributed by atoms with E-state index in [9.17, 15) is 4.79 Å². The van der Waals surface area contributed by atoms with Crippen LogP contribution in [0.15, 0.2) is 30.7 Å². The predicted molar refractivity (Wildman–Crippen MR) is 90.9 cm³/mol. The number of amides is 1. The largest absolute Gasteiger partial charge is 0.369 e. The van der Waals surface area contributed by atoms with E-state index >= 15 is 0 Å². The van der Waals surface area contributed by atoms with Crippen LogP contribution in [0.4, 0.5) is 5.69 Å². The number of nitrogens with zero attached hydrogens (tertiary/aromatic N) is 4. The van der Waals surface area contributed by atoms with E-state index in [0.717, 1.165) is 43.6 Å². The quantitative estimate of drug-likeness (QED) is 0.872. The summed E-state index contributed by atoms with van der Waals surface area (Å²) in [6, 6.07) is 6.34. The molecule has 3 heterocycles. The zero-order valence-corrected chi connectivity index (χ0v) is 13.5. The molecule has 2 aliphatic rings. The van der Waals surface area contributed by atoms with Gasteiger partial charge in [0, 0.05) is 56.5 Å². The highest BCUT2D eigenvalue weighted by Crippen LogP contribution is 2.21. The van der Waals surface area contributed by atoms with E-state index in [1.54, 1.807) is 6.33 Å². The van der Waals surface area contributed by atoms with Crippen LogP contribution >= 0.6 is 0 Å². The summed E-state index contributed by atoms with van der Waals surface area (Å²) in [7, 11) is 0. The molecule has 4 rings (SSSR count). The molecule has 0 spiro atoms. The number of carbonyl (C=O) groups excluding carboxylic acids is 1. The summed E-state index contributed by atoms with van der Waals surface area (Å²) in [5, 5.41) is 3.93. The molecule has 1 atom stereocenters. The molecule has 1 N–H and O–H groups in total. The highest BCUT2D eigenvalue weighted by Gasteiger charge is 2.24. The molecule has 2 fully saturated rings. The lowest BCUT2D eigenvalue weighted by Crippen LogP contribution is -2.52. The first kappa shape index (κ1) is 15.3. The molecule has 24 heavy (non-hydrogen) atoms. The molecule has 0 aliphatic carbocycles. The number of hydrogen-bond donors (Lipinski definition) is 1. The van der Waals surface area contributed by atoms with Crippen LogP contribution < -0.4 is 10.2 Å². The minimum absolute atomic E-state index is 0.0173. The second-order valence-electron chi connectivity index (χ2n) is 6.29. The molecule has 1 unspecified atom stereocenters. The summed E-state index contributed by atoms with van der Waals surface area (Å²) in [6.07, 6.45) is 3.54. The summed E-state index contributed by atoms with van der Waals surface area (Å²) in [5.74, 6) is -0.0173. The van der Waals surface area contributed by atoms with Crippen molar-refractivity contribution in [1.82, 2.24) is 20.2 Å². The number of piperazine rings is 1. The van der Waals surface area contributed by atoms with Crippen molar-refractivity contribution < 1.29 is 9.53 Å². The zero-order valence-electron chi connectivity index (χ0n) is 13.5. The maximum atomic E-state index is 11.1. The van der Waals surface area contributed by atoms with Crippen molar-refractivity contribution in [3.63, 3.8) is 0 Å². The van der Waals surface area contributed by atoms with Gasteiger partial charge in [0.2, 0.25) is 5.91 Å². The molecule has 1 aromatic heterocycles. The lowest BCUT2D eigenvalue weighted by atomic mass is 10.2. The Labute approximate surface area is 140 Å². The number of ether oxygens (including phenoxy) is 1. The highest BCUT2D eigenvalue weighted by atomic mass is 16.5. The standard InChI is InChI=1S/C17H21N5O2/c23-17-11-24-15(9-19-17)10-21-3-5-22(6-4-21)14-1-2-16-13(7-14)8-18-12-20-16/h1-2,7-8,12,15H,3-6,9-11H2,(H,19,23). The molecule has 7 nitrogen and oxygen atoms in total. The molecular formula is C17H21N5O2. The van der Waals surface area contributed by atoms with Gasteiger partial charge in [0.1, 0.15) is 12.9 Å². The first-order valence-corrected chi connectivity index (χ1v) is 8.33. The van der Waals surface area contributed by atoms with E-state index < -0.39 is 0 Å². The monoisotopic (exact) mass is 327 g/mol. The third-order valence-electron chi connectivity index (χ3n) is 4.66. The molecule has 0 radical (unpaired) electrons. The van der Waals surface area contributed by atoms with Crippen LogP contribution in [0.2, 0.25) is 0 Å². The average Bonchev–Trinajstić information content (AvgIpc) is 2.64. The summed E-state index contributed by atoms with van der Waals surface area (Å²) in [5.41, 5.74) is 2.20. The van der Waals surface area contributed by atoms with Crippen LogP contribution in [-0.2, 0) is 9.53 Å². The minimum Gasteiger partial charge on any atom is -0.369 e. The van der Waals surface area contributed by atoms with Crippen molar-refractivity contribution in [2.24, 2.45) is 0 Å². The number of rotatable bonds is 3. The third kappa shape index (κ3) is 3.32. The average molecular weight is 327 g/mol. The maximum Gasteiger partial charge on any atom is 0.246 e. The normalized spacial score (nSPS) is 22.6. The SMILES string of the molecule is O=C1COC(CN2CCN(c3ccc4ncncc4c3)CC2)CN1. The maximum absolute atomic E-state index is 11.1. The van der Waals surface area contributed by atoms with Gasteiger partial charge in [-0.15, -0.1) is 0 Å². The van der Waals surface area contributed by atoms with Crippen LogP contribution in [0.1, 0.15) is 0 Å². The Bertz CT molecular complexity index is 720. The summed E-state index contributed by atoms with van der Waals surface area (Å²) >= 11 is 0. The fraction of sp³-hybridized carbons (Fsp3) is 0.471. The molecule has 0 bridgehead atoms. The van der Waals surface area contributed by atoms with Crippen LogP contribution in [0.5, 0.6) is 0 Å². The molecule has 2 aliphatic heterocycles. The van der Waals surface area contributed by atoms with Crippen molar-refractivity contribution in [3.05, 3.63) is 30.7 Å². The smallest absolute Gasteiger partial charge is 0.246 e. The van der Waals surface area contributed by atoms with Crippen LogP contribution in [0.3, 0.4) is 0 Å². The van der Waals surface area contributed by atoms with Crippen LogP contribution in [-0.4, -0.2) is 72.8 Å². The number of hydrogen-bond acceptors (Lipinski definition) is 6. The van der Waals surface area contributed by atoms with Gasteiger partial charge in [-0.25, -0.2) is 9.97 Å². The van der Waals surface area contributed by atoms with Gasteiger partial charge in [0.25, 0.3) is 0 Å². The summed E-state index contributed by atoms with van der Waals surface area (Å²) < 4.78 is 5.57. The lowest BCUT2D eigenvalue weighted by molar-refractivity contribution is -0.133. The number of morpholine rings is 1. The second-order valence-corrected chi connectivity index (χ2v) is 6.29. The van der Waals surface area contributed by atoms with E-state index in [1.165, 1.54) is 5.69 Å². The topological polar surface area (TPSA) is 70.6 Å². The Morgan fingerprint density at radius 1 is 1.25 bits per heavy atom. The van der Waals surface area contributed by atoms with Crippen molar-refractivity contribution in [1.29, 1.82) is 0 Å². The van der Waals surface area contributed by atoms with Crippen molar-refractivity contribution in [2.45, 2.75) is 6.10 Å². The van der Waals surface area contributed by atoms with Crippen LogP contribution in [0.25, 0.3) is 10.9 Å². The number of aromatic nitrogens is 2. The predicted octanol–water partition coefficient (Wildman–Crippen LogP) is 0.267. The van der Waals surface area contributed by atoms with Crippen molar-refractivity contribution >= 4 is 22.5 Å². The van der Waals surface area contributed by atoms with Gasteiger partial charge >= 0.3 is 0 Å². The molecule has 2 saturated heterocycles. The Hall–Kier alpha value is -2.25. The van der Waals surface area contributed by atoms with Gasteiger partial charge in [-0.3, -0.25) is 9.69 Å². The van der Waals surface area contributed by atoms with E-state index in [-0.39, 0.29) is 18.6 Å². The van der Waals surface area contributed by atoms with Gasteiger partial charge in [-0.05, 0) is 18.2 Å². The summed E-state index contributed by atoms with van der Waals surface area (Å²) in [4.78, 5) is 24.3. The van der Waals surface area contributed by atoms with E-state index in [1.807, 2.05) is 6.20 Å². The number of carbonyl (C=O) groups is 1. The van der Waals surface area contributed by atoms with Crippen LogP contribution in [0, 0.1) is 0 Å². The van der Waals surface area contributed by atoms with Gasteiger partial charge in [-0.1, -0.05) is 0 Å². The number of anilines is 1. The first-order valence-electron chi connectivity index (χ1n) is 8.33. The Morgan fingerprint density at radius 3 is 2.92 bits per heavy atom. The molecule has 1 aromatic carbocycles. The fourth-order valence-electron chi connectivity index (χ4n) is 3.29. The van der Waals surface area contributed by atoms with E-state index in [4.69, 9.17) is 4.74 Å². The number of benzene rings is 1. The van der Waals surface area contributed by atoms with Gasteiger partial charge in [-0.2, -0.15) is 0 Å². The zero-order chi connectivity index (χ0) is 16.4. The van der Waals surface area contributed by atoms with Crippen molar-refractivity contribution in [3.8, 4) is 0 Å². The Kier molecular flexibility index (Phi) is 4.27.